The number of rotatable bonds is 9. The zero-order chi connectivity index (χ0) is 34.7. The second kappa shape index (κ2) is 14.2. The number of aromatic nitrogens is 2. The van der Waals surface area contributed by atoms with E-state index in [-0.39, 0.29) is 59.9 Å². The van der Waals surface area contributed by atoms with E-state index in [9.17, 15) is 44.3 Å². The summed E-state index contributed by atoms with van der Waals surface area (Å²) >= 11 is 3.17. The number of carbonyl (C=O) groups is 1. The van der Waals surface area contributed by atoms with Gasteiger partial charge in [-0.05, 0) is 67.3 Å². The van der Waals surface area contributed by atoms with Crippen LogP contribution in [0.3, 0.4) is 0 Å². The Labute approximate surface area is 271 Å². The van der Waals surface area contributed by atoms with Crippen molar-refractivity contribution in [2.45, 2.75) is 63.7 Å². The lowest BCUT2D eigenvalue weighted by molar-refractivity contribution is -0.143. The maximum absolute atomic E-state index is 13.7. The van der Waals surface area contributed by atoms with Gasteiger partial charge in [-0.15, -0.1) is 0 Å². The molecule has 0 unspecified atom stereocenters. The third-order valence-electron chi connectivity index (χ3n) is 7.28. The fraction of sp³-hybridized carbons (Fsp3) is 0.433. The number of nitrogens with one attached hydrogen (secondary N) is 1. The van der Waals surface area contributed by atoms with Crippen LogP contribution in [0.2, 0.25) is 0 Å². The SMILES string of the molecule is CCOC(=O)N1c2ccc(C(F)(F)F)cc2[C@@H](Nc2ncc(OCCBr)c(Cc3cc(C(F)(F)F)cc(C(F)(F)F)c3)n2)C[C@H]1CC. The van der Waals surface area contributed by atoms with Gasteiger partial charge in [0.25, 0.3) is 0 Å². The Kier molecular flexibility index (Phi) is 10.9. The van der Waals surface area contributed by atoms with Gasteiger partial charge < -0.3 is 14.8 Å². The number of ether oxygens (including phenoxy) is 2. The van der Waals surface area contributed by atoms with E-state index in [1.165, 1.54) is 17.2 Å². The molecule has 256 valence electrons. The van der Waals surface area contributed by atoms with E-state index in [4.69, 9.17) is 9.47 Å². The highest BCUT2D eigenvalue weighted by Crippen LogP contribution is 2.43. The Morgan fingerprint density at radius 3 is 2.15 bits per heavy atom. The van der Waals surface area contributed by atoms with Gasteiger partial charge in [0, 0.05) is 17.8 Å². The first-order chi connectivity index (χ1) is 22.0. The second-order valence-electron chi connectivity index (χ2n) is 10.5. The van der Waals surface area contributed by atoms with Crippen molar-refractivity contribution < 1.29 is 53.8 Å². The summed E-state index contributed by atoms with van der Waals surface area (Å²) in [6.07, 6.45) is -14.5. The van der Waals surface area contributed by atoms with Crippen molar-refractivity contribution in [1.29, 1.82) is 0 Å². The molecule has 7 nitrogen and oxygen atoms in total. The lowest BCUT2D eigenvalue weighted by Gasteiger charge is -2.40. The molecule has 0 fully saturated rings. The smallest absolute Gasteiger partial charge is 0.416 e. The Bertz CT molecular complexity index is 1550. The average molecular weight is 743 g/mol. The molecule has 1 amide bonds. The highest BCUT2D eigenvalue weighted by Gasteiger charge is 2.40. The van der Waals surface area contributed by atoms with E-state index < -0.39 is 59.8 Å². The molecular formula is C30H28BrF9N4O3. The number of hydrogen-bond acceptors (Lipinski definition) is 6. The second-order valence-corrected chi connectivity index (χ2v) is 11.3. The van der Waals surface area contributed by atoms with Gasteiger partial charge in [-0.2, -0.15) is 39.5 Å². The van der Waals surface area contributed by atoms with Gasteiger partial charge in [0.2, 0.25) is 5.95 Å². The van der Waals surface area contributed by atoms with E-state index in [0.717, 1.165) is 12.1 Å². The molecular weight excluding hydrogens is 715 g/mol. The third-order valence-corrected chi connectivity index (χ3v) is 7.61. The van der Waals surface area contributed by atoms with Crippen LogP contribution in [0, 0.1) is 0 Å². The third kappa shape index (κ3) is 8.59. The molecule has 47 heavy (non-hydrogen) atoms. The highest BCUT2D eigenvalue weighted by atomic mass is 79.9. The van der Waals surface area contributed by atoms with E-state index in [1.54, 1.807) is 13.8 Å². The number of alkyl halides is 10. The Hall–Kier alpha value is -3.76. The van der Waals surface area contributed by atoms with Crippen LogP contribution in [0.5, 0.6) is 5.75 Å². The van der Waals surface area contributed by atoms with Gasteiger partial charge in [0.1, 0.15) is 0 Å². The van der Waals surface area contributed by atoms with E-state index >= 15 is 0 Å². The predicted molar refractivity (Wildman–Crippen MR) is 157 cm³/mol. The molecule has 0 saturated carbocycles. The zero-order valence-corrected chi connectivity index (χ0v) is 26.4. The molecule has 0 radical (unpaired) electrons. The normalized spacial score (nSPS) is 16.9. The minimum absolute atomic E-state index is 0.0121. The highest BCUT2D eigenvalue weighted by molar-refractivity contribution is 9.09. The van der Waals surface area contributed by atoms with Gasteiger partial charge in [0.05, 0.1) is 53.5 Å². The molecule has 0 aliphatic carbocycles. The molecule has 17 heteroatoms. The summed E-state index contributed by atoms with van der Waals surface area (Å²) in [7, 11) is 0. The van der Waals surface area contributed by atoms with Crippen LogP contribution in [-0.4, -0.2) is 40.6 Å². The van der Waals surface area contributed by atoms with Gasteiger partial charge in [-0.1, -0.05) is 22.9 Å². The maximum Gasteiger partial charge on any atom is 0.416 e. The van der Waals surface area contributed by atoms with Crippen LogP contribution < -0.4 is 15.0 Å². The molecule has 3 aromatic rings. The quantitative estimate of drug-likeness (QED) is 0.174. The first-order valence-corrected chi connectivity index (χ1v) is 15.3. The number of benzene rings is 2. The fourth-order valence-corrected chi connectivity index (χ4v) is 5.36. The molecule has 0 saturated heterocycles. The van der Waals surface area contributed by atoms with Crippen molar-refractivity contribution in [1.82, 2.24) is 9.97 Å². The van der Waals surface area contributed by atoms with Crippen LogP contribution in [0.1, 0.15) is 66.2 Å². The number of nitrogens with zero attached hydrogens (tertiary/aromatic N) is 3. The van der Waals surface area contributed by atoms with Crippen molar-refractivity contribution in [3.8, 4) is 5.75 Å². The monoisotopic (exact) mass is 742 g/mol. The van der Waals surface area contributed by atoms with Gasteiger partial charge in [-0.25, -0.2) is 14.8 Å². The maximum atomic E-state index is 13.7. The number of fused-ring (bicyclic) bond motifs is 1. The molecule has 2 heterocycles. The Morgan fingerprint density at radius 1 is 0.957 bits per heavy atom. The minimum atomic E-state index is -5.07. The van der Waals surface area contributed by atoms with Gasteiger partial charge in [-0.3, -0.25) is 4.90 Å². The molecule has 1 aliphatic heterocycles. The minimum Gasteiger partial charge on any atom is -0.489 e. The summed E-state index contributed by atoms with van der Waals surface area (Å²) in [6.45, 7) is 3.44. The molecule has 1 N–H and O–H groups in total. The summed E-state index contributed by atoms with van der Waals surface area (Å²) in [4.78, 5) is 22.6. The zero-order valence-electron chi connectivity index (χ0n) is 24.8. The largest absolute Gasteiger partial charge is 0.489 e. The molecule has 2 aromatic carbocycles. The lowest BCUT2D eigenvalue weighted by Crippen LogP contribution is -2.46. The fourth-order valence-electron chi connectivity index (χ4n) is 5.20. The topological polar surface area (TPSA) is 76.6 Å². The first kappa shape index (κ1) is 36.1. The molecule has 1 aliphatic rings. The first-order valence-electron chi connectivity index (χ1n) is 14.2. The molecule has 4 rings (SSSR count). The van der Waals surface area contributed by atoms with Crippen LogP contribution in [0.15, 0.2) is 42.6 Å². The van der Waals surface area contributed by atoms with Crippen molar-refractivity contribution in [3.05, 3.63) is 76.1 Å². The summed E-state index contributed by atoms with van der Waals surface area (Å²) in [5.74, 6) is -0.202. The molecule has 0 spiro atoms. The predicted octanol–water partition coefficient (Wildman–Crippen LogP) is 9.20. The van der Waals surface area contributed by atoms with Crippen molar-refractivity contribution >= 4 is 33.7 Å². The number of halogens is 10. The summed E-state index contributed by atoms with van der Waals surface area (Å²) < 4.78 is 133. The van der Waals surface area contributed by atoms with Crippen molar-refractivity contribution in [2.75, 3.05) is 28.8 Å². The average Bonchev–Trinajstić information content (AvgIpc) is 2.98. The summed E-state index contributed by atoms with van der Waals surface area (Å²) in [5.41, 5.74) is -4.19. The van der Waals surface area contributed by atoms with E-state index in [0.29, 0.717) is 23.9 Å². The summed E-state index contributed by atoms with van der Waals surface area (Å²) in [6, 6.07) is 2.64. The molecule has 2 atom stereocenters. The molecule has 1 aromatic heterocycles. The van der Waals surface area contributed by atoms with Crippen molar-refractivity contribution in [2.24, 2.45) is 0 Å². The Balaban J connectivity index is 1.78. The van der Waals surface area contributed by atoms with Crippen LogP contribution in [-0.2, 0) is 29.7 Å². The lowest BCUT2D eigenvalue weighted by atomic mass is 9.89. The standard InChI is InChI=1S/C30H28BrF9N4O3/c1-3-20-14-22(21-13-17(28(32,33)34)5-6-24(21)44(20)27(45)46-4-2)42-26-41-15-25(47-8-7-31)23(43-26)11-16-9-18(29(35,36)37)12-19(10-16)30(38,39)40/h5-6,9-10,12-13,15,20,22H,3-4,7-8,11,14H2,1-2H3,(H,41,42,43)/t20-,22+/m1/s1. The number of carbonyl (C=O) groups excluding carboxylic acids is 1. The van der Waals surface area contributed by atoms with Crippen LogP contribution in [0.4, 0.5) is 55.9 Å². The number of anilines is 2. The van der Waals surface area contributed by atoms with E-state index in [1.807, 2.05) is 0 Å². The molecule has 0 bridgehead atoms. The number of hydrogen-bond donors (Lipinski definition) is 1. The van der Waals surface area contributed by atoms with Gasteiger partial charge >= 0.3 is 24.6 Å². The summed E-state index contributed by atoms with van der Waals surface area (Å²) in [5, 5.41) is 3.28. The van der Waals surface area contributed by atoms with Gasteiger partial charge in [0.15, 0.2) is 5.75 Å². The Morgan fingerprint density at radius 2 is 1.60 bits per heavy atom. The van der Waals surface area contributed by atoms with E-state index in [2.05, 4.69) is 31.2 Å². The number of amides is 1. The van der Waals surface area contributed by atoms with Crippen LogP contribution >= 0.6 is 15.9 Å². The van der Waals surface area contributed by atoms with Crippen molar-refractivity contribution in [3.63, 3.8) is 0 Å². The van der Waals surface area contributed by atoms with Crippen LogP contribution in [0.25, 0.3) is 0 Å².